The minimum atomic E-state index is -6.16. The van der Waals surface area contributed by atoms with Gasteiger partial charge in [-0.25, -0.2) is 0 Å². The molecule has 4 nitrogen and oxygen atoms in total. The maximum Gasteiger partial charge on any atom is 2.00 e. The van der Waals surface area contributed by atoms with Crippen LogP contribution in [-0.2, 0) is 9.59 Å². The summed E-state index contributed by atoms with van der Waals surface area (Å²) in [5, 5.41) is 19.3. The topological polar surface area (TPSA) is 80.3 Å². The molecule has 0 atom stereocenters. The first-order chi connectivity index (χ1) is 10.9. The van der Waals surface area contributed by atoms with E-state index < -0.39 is 46.4 Å². The summed E-state index contributed by atoms with van der Waals surface area (Å²) in [5.41, 5.74) is 0. The monoisotopic (exact) mass is 498 g/mol. The smallest absolute Gasteiger partial charge is 0.547 e. The summed E-state index contributed by atoms with van der Waals surface area (Å²) < 4.78 is 139. The first kappa shape index (κ1) is 31.6. The maximum absolute atomic E-state index is 11.6. The van der Waals surface area contributed by atoms with Gasteiger partial charge in [-0.05, 0) is 0 Å². The summed E-state index contributed by atoms with van der Waals surface area (Å²) in [6, 6.07) is 0. The van der Waals surface area contributed by atoms with Crippen molar-refractivity contribution in [1.29, 1.82) is 0 Å². The van der Waals surface area contributed by atoms with Crippen molar-refractivity contribution in [3.05, 3.63) is 0 Å². The standard InChI is InChI=1S/2C4HClF6O2.Ca/c2*5-2(1(12)13,3(6,7)8)4(9,10)11;/h2*(H,12,13);/q;;+2/p-2. The molecule has 0 aliphatic carbocycles. The van der Waals surface area contributed by atoms with Gasteiger partial charge in [0.05, 0.1) is 11.9 Å². The van der Waals surface area contributed by atoms with Gasteiger partial charge in [0.25, 0.3) is 9.75 Å². The van der Waals surface area contributed by atoms with Crippen molar-refractivity contribution < 1.29 is 72.5 Å². The first-order valence-electron chi connectivity index (χ1n) is 4.96. The first-order valence-corrected chi connectivity index (χ1v) is 5.72. The van der Waals surface area contributed by atoms with Crippen molar-refractivity contribution in [2.75, 3.05) is 0 Å². The van der Waals surface area contributed by atoms with Crippen LogP contribution >= 0.6 is 23.2 Å². The molecule has 0 saturated heterocycles. The molecule has 0 rings (SSSR count). The maximum atomic E-state index is 11.6. The predicted octanol–water partition coefficient (Wildman–Crippen LogP) is 1.30. The van der Waals surface area contributed by atoms with Crippen molar-refractivity contribution in [1.82, 2.24) is 0 Å². The molecule has 0 amide bonds. The normalized spacial score (nSPS) is 13.9. The van der Waals surface area contributed by atoms with E-state index in [2.05, 4.69) is 23.2 Å². The third-order valence-corrected chi connectivity index (χ3v) is 3.29. The molecule has 0 heterocycles. The zero-order valence-corrected chi connectivity index (χ0v) is 15.4. The number of alkyl halides is 14. The number of carboxylic acid groups (broad SMARTS) is 2. The van der Waals surface area contributed by atoms with Gasteiger partial charge in [-0.3, -0.25) is 0 Å². The fourth-order valence-corrected chi connectivity index (χ4v) is 0.784. The van der Waals surface area contributed by atoms with Crippen LogP contribution in [-0.4, -0.2) is 84.1 Å². The van der Waals surface area contributed by atoms with Crippen LogP contribution in [0.2, 0.25) is 0 Å². The van der Waals surface area contributed by atoms with Gasteiger partial charge in [0.2, 0.25) is 0 Å². The average molecular weight is 499 g/mol. The molecule has 156 valence electrons. The Morgan fingerprint density at radius 1 is 0.519 bits per heavy atom. The van der Waals surface area contributed by atoms with Crippen LogP contribution in [0, 0.1) is 0 Å². The molecule has 0 aromatic rings. The third kappa shape index (κ3) is 6.47. The van der Waals surface area contributed by atoms with E-state index in [9.17, 15) is 72.5 Å². The molecule has 0 aliphatic heterocycles. The van der Waals surface area contributed by atoms with E-state index in [-0.39, 0.29) is 37.7 Å². The molecule has 0 N–H and O–H groups in total. The van der Waals surface area contributed by atoms with E-state index in [1.54, 1.807) is 0 Å². The number of halogens is 14. The molecular weight excluding hydrogens is 499 g/mol. The Morgan fingerprint density at radius 2 is 0.630 bits per heavy atom. The average Bonchev–Trinajstić information content (AvgIpc) is 2.31. The Kier molecular flexibility index (Phi) is 10.7. The van der Waals surface area contributed by atoms with E-state index in [0.717, 1.165) is 0 Å². The molecule has 0 fully saturated rings. The second kappa shape index (κ2) is 9.17. The molecule has 0 radical (unpaired) electrons. The molecule has 0 spiro atoms. The van der Waals surface area contributed by atoms with E-state index in [4.69, 9.17) is 0 Å². The zero-order chi connectivity index (χ0) is 22.2. The van der Waals surface area contributed by atoms with Crippen LogP contribution < -0.4 is 10.2 Å². The van der Waals surface area contributed by atoms with E-state index >= 15 is 0 Å². The Hall–Kier alpha value is -0.0603. The van der Waals surface area contributed by atoms with Crippen LogP contribution in [0.3, 0.4) is 0 Å². The van der Waals surface area contributed by atoms with E-state index in [1.165, 1.54) is 0 Å². The second-order valence-corrected chi connectivity index (χ2v) is 5.02. The van der Waals surface area contributed by atoms with Gasteiger partial charge < -0.3 is 19.8 Å². The molecule has 0 saturated carbocycles. The number of aliphatic carboxylic acids is 2. The number of hydrogen-bond donors (Lipinski definition) is 0. The van der Waals surface area contributed by atoms with Crippen LogP contribution in [0.4, 0.5) is 52.7 Å². The fourth-order valence-electron chi connectivity index (χ4n) is 0.784. The Labute approximate surface area is 179 Å². The summed E-state index contributed by atoms with van der Waals surface area (Å²) in [4.78, 5) is 8.57. The Morgan fingerprint density at radius 3 is 0.630 bits per heavy atom. The molecule has 0 aliphatic rings. The predicted molar refractivity (Wildman–Crippen MR) is 57.2 cm³/mol. The summed E-state index contributed by atoms with van der Waals surface area (Å²) in [6.07, 6.45) is -24.6. The van der Waals surface area contributed by atoms with Gasteiger partial charge in [-0.15, -0.1) is 0 Å². The third-order valence-electron chi connectivity index (χ3n) is 2.13. The van der Waals surface area contributed by atoms with Crippen LogP contribution in [0.15, 0.2) is 0 Å². The quantitative estimate of drug-likeness (QED) is 0.326. The number of rotatable bonds is 2. The minimum Gasteiger partial charge on any atom is -0.547 e. The summed E-state index contributed by atoms with van der Waals surface area (Å²) in [6.45, 7) is 0. The van der Waals surface area contributed by atoms with Gasteiger partial charge in [0.1, 0.15) is 0 Å². The van der Waals surface area contributed by atoms with Crippen LogP contribution in [0.1, 0.15) is 0 Å². The van der Waals surface area contributed by atoms with Gasteiger partial charge in [0.15, 0.2) is 0 Å². The largest absolute Gasteiger partial charge is 2.00 e. The second-order valence-electron chi connectivity index (χ2n) is 3.88. The molecular formula is C8CaCl2F12O4. The van der Waals surface area contributed by atoms with Gasteiger partial charge in [-0.1, -0.05) is 23.2 Å². The molecule has 0 aromatic carbocycles. The van der Waals surface area contributed by atoms with Gasteiger partial charge in [0, 0.05) is 0 Å². The van der Waals surface area contributed by atoms with E-state index in [0.29, 0.717) is 0 Å². The summed E-state index contributed by atoms with van der Waals surface area (Å²) in [7, 11) is 0. The van der Waals surface area contributed by atoms with Crippen molar-refractivity contribution in [2.45, 2.75) is 34.5 Å². The summed E-state index contributed by atoms with van der Waals surface area (Å²) >= 11 is 7.83. The van der Waals surface area contributed by atoms with Crippen molar-refractivity contribution in [2.24, 2.45) is 0 Å². The van der Waals surface area contributed by atoms with Crippen molar-refractivity contribution in [3.63, 3.8) is 0 Å². The van der Waals surface area contributed by atoms with Gasteiger partial charge in [-0.2, -0.15) is 52.7 Å². The molecule has 27 heavy (non-hydrogen) atoms. The molecule has 0 aromatic heterocycles. The van der Waals surface area contributed by atoms with Crippen LogP contribution in [0.5, 0.6) is 0 Å². The summed E-state index contributed by atoms with van der Waals surface area (Å²) in [5.74, 6) is -6.90. The molecule has 0 bridgehead atoms. The van der Waals surface area contributed by atoms with Crippen molar-refractivity contribution in [3.8, 4) is 0 Å². The SMILES string of the molecule is O=C([O-])C(Cl)(C(F)(F)F)C(F)(F)F.O=C([O-])C(Cl)(C(F)(F)F)C(F)(F)F.[Ca+2]. The number of carbonyl (C=O) groups excluding carboxylic acids is 2. The van der Waals surface area contributed by atoms with Gasteiger partial charge >= 0.3 is 62.4 Å². The molecule has 0 unspecified atom stereocenters. The Balaban J connectivity index is -0.000000411. The Bertz CT molecular complexity index is 461. The fraction of sp³-hybridized carbons (Fsp3) is 0.750. The number of hydrogen-bond acceptors (Lipinski definition) is 4. The number of carboxylic acids is 2. The minimum absolute atomic E-state index is 0. The van der Waals surface area contributed by atoms with E-state index in [1.807, 2.05) is 0 Å². The number of carbonyl (C=O) groups is 2. The zero-order valence-electron chi connectivity index (χ0n) is 11.6. The van der Waals surface area contributed by atoms with Crippen molar-refractivity contribution >= 4 is 72.9 Å². The van der Waals surface area contributed by atoms with Crippen LogP contribution in [0.25, 0.3) is 0 Å². The molecule has 19 heteroatoms.